The van der Waals surface area contributed by atoms with E-state index in [0.717, 1.165) is 5.69 Å². The summed E-state index contributed by atoms with van der Waals surface area (Å²) in [6.07, 6.45) is 0.820. The number of carbonyl (C=O) groups excluding carboxylic acids is 2. The summed E-state index contributed by atoms with van der Waals surface area (Å²) < 4.78 is 0. The minimum absolute atomic E-state index is 0.0264. The van der Waals surface area contributed by atoms with Gasteiger partial charge in [-0.15, -0.1) is 0 Å². The number of nitrogens with one attached hydrogen (secondary N) is 1. The van der Waals surface area contributed by atoms with Crippen LogP contribution < -0.4 is 10.2 Å². The Morgan fingerprint density at radius 3 is 2.81 bits per heavy atom. The highest BCUT2D eigenvalue weighted by atomic mass is 16.2. The topological polar surface area (TPSA) is 98.2 Å². The first-order valence-corrected chi connectivity index (χ1v) is 6.85. The van der Waals surface area contributed by atoms with Gasteiger partial charge in [-0.25, -0.2) is 0 Å². The average Bonchev–Trinajstić information content (AvgIpc) is 2.87. The monoisotopic (exact) mass is 287 g/mol. The van der Waals surface area contributed by atoms with E-state index in [0.29, 0.717) is 31.6 Å². The molecule has 1 saturated heterocycles. The van der Waals surface area contributed by atoms with E-state index in [9.17, 15) is 9.59 Å². The zero-order valence-corrected chi connectivity index (χ0v) is 11.8. The number of amides is 2. The molecule has 0 spiro atoms. The molecule has 1 N–H and O–H groups in total. The molecule has 2 rings (SSSR count). The predicted molar refractivity (Wildman–Crippen MR) is 79.8 cm³/mol. The Morgan fingerprint density at radius 1 is 1.48 bits per heavy atom. The first kappa shape index (κ1) is 14.9. The van der Waals surface area contributed by atoms with Crippen LogP contribution in [0.2, 0.25) is 0 Å². The third kappa shape index (κ3) is 3.73. The number of benzene rings is 1. The molecule has 21 heavy (non-hydrogen) atoms. The molecule has 0 saturated carbocycles. The molecule has 1 aliphatic heterocycles. The van der Waals surface area contributed by atoms with Crippen LogP contribution >= 0.6 is 0 Å². The lowest BCUT2D eigenvalue weighted by atomic mass is 10.1. The van der Waals surface area contributed by atoms with E-state index in [-0.39, 0.29) is 17.7 Å². The summed E-state index contributed by atoms with van der Waals surface area (Å²) in [7, 11) is 0. The van der Waals surface area contributed by atoms with Gasteiger partial charge in [-0.05, 0) is 35.7 Å². The minimum atomic E-state index is -0.0468. The van der Waals surface area contributed by atoms with Gasteiger partial charge >= 0.3 is 0 Å². The summed E-state index contributed by atoms with van der Waals surface area (Å²) in [6.45, 7) is 2.68. The molecular formula is C14H17N5O2. The van der Waals surface area contributed by atoms with E-state index < -0.39 is 0 Å². The Morgan fingerprint density at radius 2 is 2.19 bits per heavy atom. The zero-order chi connectivity index (χ0) is 15.2. The second-order valence-corrected chi connectivity index (χ2v) is 4.94. The van der Waals surface area contributed by atoms with Crippen molar-refractivity contribution in [3.05, 3.63) is 34.7 Å². The number of anilines is 2. The highest BCUT2D eigenvalue weighted by molar-refractivity contribution is 5.96. The van der Waals surface area contributed by atoms with Crippen LogP contribution in [0.15, 0.2) is 29.4 Å². The van der Waals surface area contributed by atoms with E-state index in [1.807, 2.05) is 0 Å². The Kier molecular flexibility index (Phi) is 4.79. The second kappa shape index (κ2) is 6.76. The molecule has 0 bridgehead atoms. The molecule has 1 aromatic rings. The smallest absolute Gasteiger partial charge is 0.227 e. The fourth-order valence-corrected chi connectivity index (χ4v) is 2.28. The summed E-state index contributed by atoms with van der Waals surface area (Å²) >= 11 is 0. The average molecular weight is 287 g/mol. The first-order chi connectivity index (χ1) is 10.1. The number of carbonyl (C=O) groups is 2. The number of hydrogen-bond donors (Lipinski definition) is 1. The SMILES string of the molecule is CCC(=O)Nc1ccc(N2CC(CN=[N+]=[N-])CC2=O)cc1. The van der Waals surface area contributed by atoms with Crippen molar-refractivity contribution >= 4 is 23.2 Å². The van der Waals surface area contributed by atoms with Crippen molar-refractivity contribution < 1.29 is 9.59 Å². The van der Waals surface area contributed by atoms with Crippen LogP contribution in [0.3, 0.4) is 0 Å². The molecule has 1 fully saturated rings. The molecule has 1 aromatic carbocycles. The molecular weight excluding hydrogens is 270 g/mol. The maximum Gasteiger partial charge on any atom is 0.227 e. The van der Waals surface area contributed by atoms with Crippen molar-refractivity contribution in [2.24, 2.45) is 11.0 Å². The van der Waals surface area contributed by atoms with E-state index in [4.69, 9.17) is 5.53 Å². The third-order valence-corrected chi connectivity index (χ3v) is 3.39. The van der Waals surface area contributed by atoms with E-state index in [2.05, 4.69) is 15.3 Å². The quantitative estimate of drug-likeness (QED) is 0.511. The van der Waals surface area contributed by atoms with Crippen molar-refractivity contribution in [3.63, 3.8) is 0 Å². The fourth-order valence-electron chi connectivity index (χ4n) is 2.28. The number of rotatable bonds is 5. The predicted octanol–water partition coefficient (Wildman–Crippen LogP) is 2.70. The van der Waals surface area contributed by atoms with Gasteiger partial charge in [0.1, 0.15) is 0 Å². The maximum absolute atomic E-state index is 12.0. The van der Waals surface area contributed by atoms with Gasteiger partial charge in [-0.2, -0.15) is 0 Å². The van der Waals surface area contributed by atoms with Gasteiger partial charge in [0, 0.05) is 42.2 Å². The lowest BCUT2D eigenvalue weighted by Crippen LogP contribution is -2.24. The molecule has 0 aliphatic carbocycles. The molecule has 1 aliphatic rings. The molecule has 0 aromatic heterocycles. The van der Waals surface area contributed by atoms with Crippen molar-refractivity contribution in [2.45, 2.75) is 19.8 Å². The van der Waals surface area contributed by atoms with Crippen LogP contribution in [0.4, 0.5) is 11.4 Å². The normalized spacial score (nSPS) is 17.5. The lowest BCUT2D eigenvalue weighted by Gasteiger charge is -2.17. The van der Waals surface area contributed by atoms with Gasteiger partial charge in [-0.1, -0.05) is 12.0 Å². The van der Waals surface area contributed by atoms with Crippen LogP contribution in [0.5, 0.6) is 0 Å². The zero-order valence-electron chi connectivity index (χ0n) is 11.8. The Hall–Kier alpha value is -2.53. The van der Waals surface area contributed by atoms with Gasteiger partial charge in [0.25, 0.3) is 0 Å². The number of nitrogens with zero attached hydrogens (tertiary/aromatic N) is 4. The Labute approximate surface area is 122 Å². The van der Waals surface area contributed by atoms with Crippen LogP contribution in [0.1, 0.15) is 19.8 Å². The summed E-state index contributed by atoms with van der Waals surface area (Å²) in [6, 6.07) is 7.16. The second-order valence-electron chi connectivity index (χ2n) is 4.94. The molecule has 2 amide bonds. The summed E-state index contributed by atoms with van der Waals surface area (Å²) in [5.41, 5.74) is 9.82. The van der Waals surface area contributed by atoms with Crippen LogP contribution in [-0.2, 0) is 9.59 Å². The van der Waals surface area contributed by atoms with Gasteiger partial charge in [0.05, 0.1) is 0 Å². The van der Waals surface area contributed by atoms with Crippen molar-refractivity contribution in [2.75, 3.05) is 23.3 Å². The largest absolute Gasteiger partial charge is 0.326 e. The lowest BCUT2D eigenvalue weighted by molar-refractivity contribution is -0.117. The van der Waals surface area contributed by atoms with Crippen molar-refractivity contribution in [1.82, 2.24) is 0 Å². The highest BCUT2D eigenvalue weighted by Crippen LogP contribution is 2.26. The number of azide groups is 1. The van der Waals surface area contributed by atoms with E-state index >= 15 is 0 Å². The highest BCUT2D eigenvalue weighted by Gasteiger charge is 2.29. The standard InChI is InChI=1S/C14H17N5O2/c1-2-13(20)17-11-3-5-12(6-4-11)19-9-10(7-14(19)21)8-16-18-15/h3-6,10H,2,7-9H2,1H3,(H,17,20). The Bertz CT molecular complexity index is 578. The van der Waals surface area contributed by atoms with E-state index in [1.54, 1.807) is 36.1 Å². The van der Waals surface area contributed by atoms with E-state index in [1.165, 1.54) is 0 Å². The van der Waals surface area contributed by atoms with Gasteiger partial charge in [0.2, 0.25) is 11.8 Å². The number of hydrogen-bond acceptors (Lipinski definition) is 3. The van der Waals surface area contributed by atoms with Gasteiger partial charge in [0.15, 0.2) is 0 Å². The third-order valence-electron chi connectivity index (χ3n) is 3.39. The summed E-state index contributed by atoms with van der Waals surface area (Å²) in [5, 5.41) is 6.29. The Balaban J connectivity index is 2.03. The van der Waals surface area contributed by atoms with Gasteiger partial charge in [-0.3, -0.25) is 9.59 Å². The van der Waals surface area contributed by atoms with Gasteiger partial charge < -0.3 is 10.2 Å². The van der Waals surface area contributed by atoms with Crippen molar-refractivity contribution in [3.8, 4) is 0 Å². The molecule has 7 heteroatoms. The molecule has 0 radical (unpaired) electrons. The van der Waals surface area contributed by atoms with Crippen LogP contribution in [-0.4, -0.2) is 24.9 Å². The molecule has 1 unspecified atom stereocenters. The molecule has 110 valence electrons. The van der Waals surface area contributed by atoms with Crippen LogP contribution in [0, 0.1) is 5.92 Å². The molecule has 7 nitrogen and oxygen atoms in total. The summed E-state index contributed by atoms with van der Waals surface area (Å²) in [5.74, 6) is 0.0424. The maximum atomic E-state index is 12.0. The summed E-state index contributed by atoms with van der Waals surface area (Å²) in [4.78, 5) is 27.7. The molecule has 1 atom stereocenters. The van der Waals surface area contributed by atoms with Crippen molar-refractivity contribution in [1.29, 1.82) is 0 Å². The minimum Gasteiger partial charge on any atom is -0.326 e. The van der Waals surface area contributed by atoms with Crippen LogP contribution in [0.25, 0.3) is 10.4 Å². The fraction of sp³-hybridized carbons (Fsp3) is 0.429. The first-order valence-electron chi connectivity index (χ1n) is 6.85. The molecule has 1 heterocycles.